The lowest BCUT2D eigenvalue weighted by Gasteiger charge is -2.30. The zero-order valence-electron chi connectivity index (χ0n) is 21.9. The van der Waals surface area contributed by atoms with E-state index in [1.54, 1.807) is 0 Å². The van der Waals surface area contributed by atoms with Gasteiger partial charge < -0.3 is 25.8 Å². The van der Waals surface area contributed by atoms with Crippen molar-refractivity contribution >= 4 is 22.2 Å². The predicted molar refractivity (Wildman–Crippen MR) is 133 cm³/mol. The third kappa shape index (κ3) is 15.3. The molecule has 5 N–H and O–H groups in total. The summed E-state index contributed by atoms with van der Waals surface area (Å²) in [4.78, 5) is 23.0. The van der Waals surface area contributed by atoms with Crippen molar-refractivity contribution in [2.45, 2.75) is 128 Å². The molecule has 0 saturated heterocycles. The van der Waals surface area contributed by atoms with E-state index in [9.17, 15) is 18.0 Å². The largest absolute Gasteiger partial charge is 0.444 e. The molecule has 0 radical (unpaired) electrons. The van der Waals surface area contributed by atoms with Gasteiger partial charge in [-0.3, -0.25) is 0 Å². The van der Waals surface area contributed by atoms with Gasteiger partial charge in [-0.15, -0.1) is 0 Å². The van der Waals surface area contributed by atoms with E-state index >= 15 is 0 Å². The molecule has 2 fully saturated rings. The van der Waals surface area contributed by atoms with Crippen LogP contribution >= 0.6 is 0 Å². The fraction of sp³-hybridized carbons (Fsp3) is 0.913. The third-order valence-corrected chi connectivity index (χ3v) is 6.08. The Hall–Kier alpha value is -1.59. The normalized spacial score (nSPS) is 25.9. The second-order valence-electron chi connectivity index (χ2n) is 11.3. The molecule has 2 saturated carbocycles. The van der Waals surface area contributed by atoms with Crippen molar-refractivity contribution < 1.29 is 27.5 Å². The zero-order chi connectivity index (χ0) is 26.2. The number of hydrogen-bond donors (Lipinski definition) is 4. The molecule has 0 bridgehead atoms. The lowest BCUT2D eigenvalue weighted by atomic mass is 9.92. The molecule has 0 unspecified atom stereocenters. The number of nitrogens with one attached hydrogen (secondary N) is 3. The number of hydrogen-bond acceptors (Lipinski definition) is 7. The number of alkyl carbamates (subject to hydrolysis) is 2. The summed E-state index contributed by atoms with van der Waals surface area (Å²) in [6.45, 7) is 11.1. The highest BCUT2D eigenvalue weighted by molar-refractivity contribution is 7.88. The van der Waals surface area contributed by atoms with Gasteiger partial charge in [-0.2, -0.15) is 0 Å². The highest BCUT2D eigenvalue weighted by atomic mass is 32.2. The fourth-order valence-corrected chi connectivity index (χ4v) is 4.71. The molecule has 2 amide bonds. The van der Waals surface area contributed by atoms with Crippen molar-refractivity contribution in [3.8, 4) is 0 Å². The lowest BCUT2D eigenvalue weighted by molar-refractivity contribution is 0.0479. The third-order valence-electron chi connectivity index (χ3n) is 5.32. The van der Waals surface area contributed by atoms with E-state index in [4.69, 9.17) is 15.2 Å². The van der Waals surface area contributed by atoms with Gasteiger partial charge in [0.15, 0.2) is 0 Å². The van der Waals surface area contributed by atoms with Crippen LogP contribution in [0.5, 0.6) is 0 Å². The first-order valence-electron chi connectivity index (χ1n) is 12.1. The number of nitrogens with two attached hydrogens (primary N) is 1. The standard InChI is InChI=1S/C12H24N2O4S.C11H22N2O2/c1-12(2,3)18-11(15)13-9-5-7-10(8-6-9)14-19(4,16)17;1-11(2,3)15-10(14)13-9-6-4-8(12)5-7-9/h9-10,14H,5-8H2,1-4H3,(H,13,15);8-9H,4-7,12H2,1-3H3,(H,13,14). The summed E-state index contributed by atoms with van der Waals surface area (Å²) in [5.74, 6) is 0. The molecule has 0 aromatic carbocycles. The van der Waals surface area contributed by atoms with E-state index in [2.05, 4.69) is 15.4 Å². The van der Waals surface area contributed by atoms with E-state index in [1.165, 1.54) is 0 Å². The molecule has 200 valence electrons. The maximum absolute atomic E-state index is 11.6. The van der Waals surface area contributed by atoms with Crippen LogP contribution in [-0.4, -0.2) is 62.2 Å². The summed E-state index contributed by atoms with van der Waals surface area (Å²) < 4.78 is 35.2. The van der Waals surface area contributed by atoms with Gasteiger partial charge in [0, 0.05) is 24.2 Å². The number of ether oxygens (including phenoxy) is 2. The number of carbonyl (C=O) groups is 2. The molecule has 0 heterocycles. The molecule has 0 aromatic rings. The summed E-state index contributed by atoms with van der Waals surface area (Å²) in [6, 6.07) is 0.584. The minimum absolute atomic E-state index is 0.0216. The van der Waals surface area contributed by atoms with Crippen molar-refractivity contribution in [2.75, 3.05) is 6.26 Å². The molecular formula is C23H46N4O6S. The molecule has 0 aromatic heterocycles. The van der Waals surface area contributed by atoms with E-state index in [-0.39, 0.29) is 24.2 Å². The van der Waals surface area contributed by atoms with Gasteiger partial charge in [0.1, 0.15) is 11.2 Å². The van der Waals surface area contributed by atoms with Crippen LogP contribution in [0.2, 0.25) is 0 Å². The van der Waals surface area contributed by atoms with Gasteiger partial charge in [0.05, 0.1) is 6.26 Å². The van der Waals surface area contributed by atoms with Crippen LogP contribution in [0.1, 0.15) is 92.9 Å². The van der Waals surface area contributed by atoms with Crippen molar-refractivity contribution in [1.82, 2.24) is 15.4 Å². The maximum atomic E-state index is 11.6. The Balaban J connectivity index is 0.000000350. The lowest BCUT2D eigenvalue weighted by Crippen LogP contribution is -2.44. The van der Waals surface area contributed by atoms with Gasteiger partial charge in [0.25, 0.3) is 0 Å². The number of rotatable bonds is 4. The highest BCUT2D eigenvalue weighted by Crippen LogP contribution is 2.20. The van der Waals surface area contributed by atoms with E-state index in [1.807, 2.05) is 41.5 Å². The predicted octanol–water partition coefficient (Wildman–Crippen LogP) is 3.15. The average Bonchev–Trinajstić information content (AvgIpc) is 2.61. The molecule has 10 nitrogen and oxygen atoms in total. The Morgan fingerprint density at radius 2 is 1.03 bits per heavy atom. The maximum Gasteiger partial charge on any atom is 0.407 e. The fourth-order valence-electron chi connectivity index (χ4n) is 3.87. The molecule has 2 aliphatic rings. The number of sulfonamides is 1. The molecule has 0 atom stereocenters. The smallest absolute Gasteiger partial charge is 0.407 e. The highest BCUT2D eigenvalue weighted by Gasteiger charge is 2.26. The van der Waals surface area contributed by atoms with Gasteiger partial charge in [-0.25, -0.2) is 22.7 Å². The monoisotopic (exact) mass is 506 g/mol. The van der Waals surface area contributed by atoms with Gasteiger partial charge in [-0.05, 0) is 92.9 Å². The average molecular weight is 507 g/mol. The molecule has 0 spiro atoms. The molecule has 2 rings (SSSR count). The number of carbonyl (C=O) groups excluding carboxylic acids is 2. The Bertz CT molecular complexity index is 744. The van der Waals surface area contributed by atoms with Crippen molar-refractivity contribution in [2.24, 2.45) is 5.73 Å². The molecule has 0 aliphatic heterocycles. The van der Waals surface area contributed by atoms with Crippen molar-refractivity contribution in [3.63, 3.8) is 0 Å². The first-order valence-corrected chi connectivity index (χ1v) is 14.0. The summed E-state index contributed by atoms with van der Waals surface area (Å²) >= 11 is 0. The van der Waals surface area contributed by atoms with Gasteiger partial charge in [-0.1, -0.05) is 0 Å². The van der Waals surface area contributed by atoms with E-state index in [0.29, 0.717) is 6.04 Å². The van der Waals surface area contributed by atoms with Crippen LogP contribution in [-0.2, 0) is 19.5 Å². The first kappa shape index (κ1) is 30.4. The topological polar surface area (TPSA) is 149 Å². The van der Waals surface area contributed by atoms with Crippen LogP contribution < -0.4 is 21.1 Å². The van der Waals surface area contributed by atoms with Gasteiger partial charge >= 0.3 is 12.2 Å². The minimum atomic E-state index is -3.15. The Labute approximate surface area is 205 Å². The minimum Gasteiger partial charge on any atom is -0.444 e. The second-order valence-corrected chi connectivity index (χ2v) is 13.1. The molecular weight excluding hydrogens is 460 g/mol. The zero-order valence-corrected chi connectivity index (χ0v) is 22.7. The summed E-state index contributed by atoms with van der Waals surface area (Å²) in [7, 11) is -3.15. The Morgan fingerprint density at radius 3 is 1.35 bits per heavy atom. The van der Waals surface area contributed by atoms with E-state index < -0.39 is 27.3 Å². The summed E-state index contributed by atoms with van der Waals surface area (Å²) in [6.07, 6.45) is 7.30. The van der Waals surface area contributed by atoms with Crippen LogP contribution in [0.15, 0.2) is 0 Å². The molecule has 2 aliphatic carbocycles. The number of amides is 2. The SMILES string of the molecule is CC(C)(C)OC(=O)NC1CCC(N)CC1.CC(C)(C)OC(=O)NC1CCC(NS(C)(=O)=O)CC1. The van der Waals surface area contributed by atoms with Crippen LogP contribution in [0.3, 0.4) is 0 Å². The van der Waals surface area contributed by atoms with Gasteiger partial charge in [0.2, 0.25) is 10.0 Å². The van der Waals surface area contributed by atoms with Crippen LogP contribution in [0, 0.1) is 0 Å². The van der Waals surface area contributed by atoms with Crippen LogP contribution in [0.4, 0.5) is 9.59 Å². The Kier molecular flexibility index (Phi) is 11.6. The second kappa shape index (κ2) is 12.9. The molecule has 11 heteroatoms. The van der Waals surface area contributed by atoms with Crippen LogP contribution in [0.25, 0.3) is 0 Å². The first-order chi connectivity index (χ1) is 15.4. The quantitative estimate of drug-likeness (QED) is 0.457. The summed E-state index contributed by atoms with van der Waals surface area (Å²) in [5.41, 5.74) is 4.86. The Morgan fingerprint density at radius 1 is 0.706 bits per heavy atom. The summed E-state index contributed by atoms with van der Waals surface area (Å²) in [5, 5.41) is 5.70. The molecule has 34 heavy (non-hydrogen) atoms. The van der Waals surface area contributed by atoms with Crippen molar-refractivity contribution in [1.29, 1.82) is 0 Å². The van der Waals surface area contributed by atoms with Crippen molar-refractivity contribution in [3.05, 3.63) is 0 Å². The van der Waals surface area contributed by atoms with E-state index in [0.717, 1.165) is 57.6 Å².